The SMILES string of the molecule is CC(=O)N(C)c1ccc(S(=O)(=O)NC2(C)CC2)cc1. The maximum Gasteiger partial charge on any atom is 0.241 e. The average molecular weight is 282 g/mol. The van der Waals surface area contributed by atoms with E-state index < -0.39 is 10.0 Å². The van der Waals surface area contributed by atoms with Gasteiger partial charge in [0.05, 0.1) is 4.90 Å². The molecule has 1 aromatic rings. The van der Waals surface area contributed by atoms with E-state index in [1.54, 1.807) is 19.2 Å². The van der Waals surface area contributed by atoms with E-state index in [2.05, 4.69) is 4.72 Å². The van der Waals surface area contributed by atoms with Gasteiger partial charge in [-0.15, -0.1) is 0 Å². The van der Waals surface area contributed by atoms with Gasteiger partial charge in [-0.25, -0.2) is 13.1 Å². The zero-order valence-electron chi connectivity index (χ0n) is 11.3. The number of amides is 1. The number of hydrogen-bond donors (Lipinski definition) is 1. The lowest BCUT2D eigenvalue weighted by Crippen LogP contribution is -2.34. The normalized spacial score (nSPS) is 17.0. The minimum Gasteiger partial charge on any atom is -0.316 e. The van der Waals surface area contributed by atoms with E-state index in [0.717, 1.165) is 12.8 Å². The van der Waals surface area contributed by atoms with Gasteiger partial charge < -0.3 is 4.90 Å². The fourth-order valence-corrected chi connectivity index (χ4v) is 3.17. The van der Waals surface area contributed by atoms with E-state index in [1.807, 2.05) is 6.92 Å². The highest BCUT2D eigenvalue weighted by atomic mass is 32.2. The molecule has 5 nitrogen and oxygen atoms in total. The molecule has 0 heterocycles. The lowest BCUT2D eigenvalue weighted by molar-refractivity contribution is -0.116. The molecule has 1 aromatic carbocycles. The summed E-state index contributed by atoms with van der Waals surface area (Å²) in [4.78, 5) is 12.9. The first kappa shape index (κ1) is 14.0. The zero-order valence-corrected chi connectivity index (χ0v) is 12.1. The van der Waals surface area contributed by atoms with E-state index in [0.29, 0.717) is 5.69 Å². The van der Waals surface area contributed by atoms with E-state index in [4.69, 9.17) is 0 Å². The summed E-state index contributed by atoms with van der Waals surface area (Å²) in [5.41, 5.74) is 0.386. The minimum atomic E-state index is -3.47. The second-order valence-corrected chi connectivity index (χ2v) is 6.92. The lowest BCUT2D eigenvalue weighted by Gasteiger charge is -2.16. The van der Waals surface area contributed by atoms with Crippen LogP contribution in [-0.4, -0.2) is 26.9 Å². The molecule has 0 spiro atoms. The maximum atomic E-state index is 12.1. The first-order chi connectivity index (χ1) is 8.73. The number of rotatable bonds is 4. The topological polar surface area (TPSA) is 66.5 Å². The highest BCUT2D eigenvalue weighted by molar-refractivity contribution is 7.89. The van der Waals surface area contributed by atoms with Crippen LogP contribution >= 0.6 is 0 Å². The monoisotopic (exact) mass is 282 g/mol. The van der Waals surface area contributed by atoms with Crippen LogP contribution < -0.4 is 9.62 Å². The Balaban J connectivity index is 2.20. The predicted octanol–water partition coefficient (Wildman–Crippen LogP) is 1.50. The van der Waals surface area contributed by atoms with Crippen molar-refractivity contribution in [3.05, 3.63) is 24.3 Å². The van der Waals surface area contributed by atoms with Gasteiger partial charge in [-0.05, 0) is 44.0 Å². The molecule has 6 heteroatoms. The maximum absolute atomic E-state index is 12.1. The lowest BCUT2D eigenvalue weighted by atomic mass is 10.3. The summed E-state index contributed by atoms with van der Waals surface area (Å²) < 4.78 is 26.9. The number of carbonyl (C=O) groups is 1. The number of sulfonamides is 1. The first-order valence-corrected chi connectivity index (χ1v) is 7.60. The average Bonchev–Trinajstić information content (AvgIpc) is 3.04. The minimum absolute atomic E-state index is 0.0979. The van der Waals surface area contributed by atoms with Crippen LogP contribution in [0, 0.1) is 0 Å². The Kier molecular flexibility index (Phi) is 3.40. The molecule has 2 rings (SSSR count). The van der Waals surface area contributed by atoms with Crippen LogP contribution in [0.1, 0.15) is 26.7 Å². The van der Waals surface area contributed by atoms with Crippen LogP contribution in [0.5, 0.6) is 0 Å². The van der Waals surface area contributed by atoms with Crippen molar-refractivity contribution in [2.24, 2.45) is 0 Å². The van der Waals surface area contributed by atoms with E-state index in [9.17, 15) is 13.2 Å². The Labute approximate surface area is 113 Å². The van der Waals surface area contributed by atoms with Gasteiger partial charge in [-0.2, -0.15) is 0 Å². The molecular formula is C13H18N2O3S. The molecule has 1 aliphatic rings. The molecule has 1 amide bonds. The quantitative estimate of drug-likeness (QED) is 0.910. The van der Waals surface area contributed by atoms with Crippen LogP contribution in [0.15, 0.2) is 29.2 Å². The number of carbonyl (C=O) groups excluding carboxylic acids is 1. The van der Waals surface area contributed by atoms with Gasteiger partial charge in [0.1, 0.15) is 0 Å². The Morgan fingerprint density at radius 3 is 2.21 bits per heavy atom. The first-order valence-electron chi connectivity index (χ1n) is 6.12. The van der Waals surface area contributed by atoms with Crippen molar-refractivity contribution in [1.82, 2.24) is 4.72 Å². The smallest absolute Gasteiger partial charge is 0.241 e. The predicted molar refractivity (Wildman–Crippen MR) is 73.5 cm³/mol. The number of hydrogen-bond acceptors (Lipinski definition) is 3. The Bertz CT molecular complexity index is 589. The van der Waals surface area contributed by atoms with Crippen LogP contribution in [0.4, 0.5) is 5.69 Å². The van der Waals surface area contributed by atoms with E-state index in [-0.39, 0.29) is 16.3 Å². The summed E-state index contributed by atoms with van der Waals surface area (Å²) in [5.74, 6) is -0.0979. The van der Waals surface area contributed by atoms with Crippen molar-refractivity contribution in [1.29, 1.82) is 0 Å². The molecule has 1 N–H and O–H groups in total. The second-order valence-electron chi connectivity index (χ2n) is 5.24. The summed E-state index contributed by atoms with van der Waals surface area (Å²) >= 11 is 0. The third-order valence-corrected chi connectivity index (χ3v) is 5.04. The second kappa shape index (κ2) is 4.61. The van der Waals surface area contributed by atoms with Crippen LogP contribution in [0.2, 0.25) is 0 Å². The number of anilines is 1. The van der Waals surface area contributed by atoms with Crippen LogP contribution in [0.3, 0.4) is 0 Å². The van der Waals surface area contributed by atoms with Gasteiger partial charge in [0.2, 0.25) is 15.9 Å². The van der Waals surface area contributed by atoms with Crippen LogP contribution in [-0.2, 0) is 14.8 Å². The summed E-state index contributed by atoms with van der Waals surface area (Å²) in [6.07, 6.45) is 1.74. The molecule has 0 radical (unpaired) electrons. The molecule has 0 bridgehead atoms. The number of nitrogens with one attached hydrogen (secondary N) is 1. The van der Waals surface area contributed by atoms with Gasteiger partial charge >= 0.3 is 0 Å². The molecule has 104 valence electrons. The summed E-state index contributed by atoms with van der Waals surface area (Å²) in [7, 11) is -1.82. The van der Waals surface area contributed by atoms with E-state index in [1.165, 1.54) is 24.0 Å². The Morgan fingerprint density at radius 1 is 1.26 bits per heavy atom. The molecule has 1 saturated carbocycles. The van der Waals surface area contributed by atoms with Crippen molar-refractivity contribution in [2.45, 2.75) is 37.1 Å². The Hall–Kier alpha value is -1.40. The van der Waals surface area contributed by atoms with Crippen LogP contribution in [0.25, 0.3) is 0 Å². The molecule has 0 unspecified atom stereocenters. The van der Waals surface area contributed by atoms with E-state index >= 15 is 0 Å². The van der Waals surface area contributed by atoms with Crippen molar-refractivity contribution < 1.29 is 13.2 Å². The summed E-state index contributed by atoms with van der Waals surface area (Å²) in [6.45, 7) is 3.35. The highest BCUT2D eigenvalue weighted by Crippen LogP contribution is 2.36. The highest BCUT2D eigenvalue weighted by Gasteiger charge is 2.41. The largest absolute Gasteiger partial charge is 0.316 e. The van der Waals surface area contributed by atoms with Crippen molar-refractivity contribution >= 4 is 21.6 Å². The third kappa shape index (κ3) is 3.13. The molecular weight excluding hydrogens is 264 g/mol. The fraction of sp³-hybridized carbons (Fsp3) is 0.462. The van der Waals surface area contributed by atoms with Gasteiger partial charge in [0, 0.05) is 25.2 Å². The number of nitrogens with zero attached hydrogens (tertiary/aromatic N) is 1. The van der Waals surface area contributed by atoms with Gasteiger partial charge in [0.25, 0.3) is 0 Å². The molecule has 0 atom stereocenters. The molecule has 0 aromatic heterocycles. The fourth-order valence-electron chi connectivity index (χ4n) is 1.70. The summed E-state index contributed by atoms with van der Waals surface area (Å²) in [5, 5.41) is 0. The molecule has 0 aliphatic heterocycles. The standard InChI is InChI=1S/C13H18N2O3S/c1-10(16)15(3)11-4-6-12(7-5-11)19(17,18)14-13(2)8-9-13/h4-7,14H,8-9H2,1-3H3. The molecule has 1 fully saturated rings. The van der Waals surface area contributed by atoms with Gasteiger partial charge in [-0.3, -0.25) is 4.79 Å². The molecule has 1 aliphatic carbocycles. The zero-order chi connectivity index (χ0) is 14.3. The molecule has 0 saturated heterocycles. The Morgan fingerprint density at radius 2 is 1.79 bits per heavy atom. The van der Waals surface area contributed by atoms with Crippen molar-refractivity contribution in [2.75, 3.05) is 11.9 Å². The van der Waals surface area contributed by atoms with Gasteiger partial charge in [-0.1, -0.05) is 0 Å². The number of benzene rings is 1. The van der Waals surface area contributed by atoms with Gasteiger partial charge in [0.15, 0.2) is 0 Å². The van der Waals surface area contributed by atoms with Crippen molar-refractivity contribution in [3.63, 3.8) is 0 Å². The van der Waals surface area contributed by atoms with Crippen molar-refractivity contribution in [3.8, 4) is 0 Å². The third-order valence-electron chi connectivity index (χ3n) is 3.39. The summed E-state index contributed by atoms with van der Waals surface area (Å²) in [6, 6.07) is 6.29. The molecule has 19 heavy (non-hydrogen) atoms.